The molecule has 1 atom stereocenters. The molecule has 118 valence electrons. The third-order valence-electron chi connectivity index (χ3n) is 5.72. The van der Waals surface area contributed by atoms with Crippen LogP contribution in [0.5, 0.6) is 0 Å². The van der Waals surface area contributed by atoms with Crippen LogP contribution < -0.4 is 5.32 Å². The maximum absolute atomic E-state index is 3.62. The fourth-order valence-electron chi connectivity index (χ4n) is 4.19. The van der Waals surface area contributed by atoms with Gasteiger partial charge < -0.3 is 5.32 Å². The summed E-state index contributed by atoms with van der Waals surface area (Å²) in [5.41, 5.74) is 0.735. The zero-order chi connectivity index (χ0) is 14.5. The molecule has 0 aromatic carbocycles. The summed E-state index contributed by atoms with van der Waals surface area (Å²) in [5, 5.41) is 5.79. The maximum atomic E-state index is 3.62. The number of piperidine rings is 1. The van der Waals surface area contributed by atoms with Gasteiger partial charge >= 0.3 is 0 Å². The first-order valence-electron chi connectivity index (χ1n) is 8.75. The van der Waals surface area contributed by atoms with E-state index in [0.717, 1.165) is 18.5 Å². The second-order valence-corrected chi connectivity index (χ2v) is 8.19. The summed E-state index contributed by atoms with van der Waals surface area (Å²) in [7, 11) is 0. The second kappa shape index (κ2) is 7.26. The summed E-state index contributed by atoms with van der Waals surface area (Å²) < 4.78 is 0. The number of nitrogens with zero attached hydrogens (tertiary/aromatic N) is 1. The first-order chi connectivity index (χ1) is 10.3. The lowest BCUT2D eigenvalue weighted by molar-refractivity contribution is 0.0489. The highest BCUT2D eigenvalue weighted by Gasteiger charge is 2.36. The van der Waals surface area contributed by atoms with Crippen molar-refractivity contribution in [3.8, 4) is 0 Å². The molecule has 1 saturated heterocycles. The van der Waals surface area contributed by atoms with E-state index >= 15 is 0 Å². The number of nitrogens with one attached hydrogen (secondary N) is 1. The van der Waals surface area contributed by atoms with Crippen LogP contribution in [0.25, 0.3) is 0 Å². The molecule has 0 bridgehead atoms. The molecule has 3 rings (SSSR count). The summed E-state index contributed by atoms with van der Waals surface area (Å²) in [6.45, 7) is 7.18. The molecule has 1 saturated carbocycles. The van der Waals surface area contributed by atoms with Crippen LogP contribution in [0.3, 0.4) is 0 Å². The molecule has 2 heterocycles. The molecule has 1 unspecified atom stereocenters. The van der Waals surface area contributed by atoms with Gasteiger partial charge in [0.25, 0.3) is 0 Å². The third kappa shape index (κ3) is 4.08. The number of hydrogen-bond acceptors (Lipinski definition) is 3. The van der Waals surface area contributed by atoms with E-state index in [4.69, 9.17) is 0 Å². The Hall–Kier alpha value is -0.380. The average molecular weight is 307 g/mol. The predicted octanol–water partition coefficient (Wildman–Crippen LogP) is 4.27. The SMILES string of the molecule is CC(CNCc1cccs1)N1CCC2(CCCCC2)CC1. The lowest BCUT2D eigenvalue weighted by atomic mass is 9.68. The highest BCUT2D eigenvalue weighted by Crippen LogP contribution is 2.44. The lowest BCUT2D eigenvalue weighted by Gasteiger charge is -2.46. The van der Waals surface area contributed by atoms with E-state index in [-0.39, 0.29) is 0 Å². The molecule has 0 amide bonds. The number of rotatable bonds is 5. The normalized spacial score (nSPS) is 24.2. The molecule has 2 aliphatic rings. The van der Waals surface area contributed by atoms with Gasteiger partial charge in [0.15, 0.2) is 0 Å². The van der Waals surface area contributed by atoms with E-state index in [2.05, 4.69) is 34.7 Å². The second-order valence-electron chi connectivity index (χ2n) is 7.16. The van der Waals surface area contributed by atoms with E-state index < -0.39 is 0 Å². The zero-order valence-corrected chi connectivity index (χ0v) is 14.3. The highest BCUT2D eigenvalue weighted by atomic mass is 32.1. The van der Waals surface area contributed by atoms with Crippen LogP contribution in [0, 0.1) is 5.41 Å². The van der Waals surface area contributed by atoms with Crippen molar-refractivity contribution in [2.75, 3.05) is 19.6 Å². The van der Waals surface area contributed by atoms with Gasteiger partial charge in [-0.15, -0.1) is 11.3 Å². The zero-order valence-electron chi connectivity index (χ0n) is 13.4. The van der Waals surface area contributed by atoms with Gasteiger partial charge in [-0.3, -0.25) is 4.90 Å². The summed E-state index contributed by atoms with van der Waals surface area (Å²) >= 11 is 1.85. The van der Waals surface area contributed by atoms with Crippen molar-refractivity contribution in [3.05, 3.63) is 22.4 Å². The summed E-state index contributed by atoms with van der Waals surface area (Å²) in [4.78, 5) is 4.16. The van der Waals surface area contributed by atoms with Crippen LogP contribution in [-0.4, -0.2) is 30.6 Å². The van der Waals surface area contributed by atoms with E-state index in [1.54, 1.807) is 0 Å². The van der Waals surface area contributed by atoms with Crippen molar-refractivity contribution in [2.45, 2.75) is 64.5 Å². The number of likely N-dealkylation sites (tertiary alicyclic amines) is 1. The van der Waals surface area contributed by atoms with Crippen LogP contribution >= 0.6 is 11.3 Å². The summed E-state index contributed by atoms with van der Waals surface area (Å²) in [5.74, 6) is 0. The van der Waals surface area contributed by atoms with E-state index in [9.17, 15) is 0 Å². The topological polar surface area (TPSA) is 15.3 Å². The molecule has 1 spiro atoms. The molecule has 1 aromatic heterocycles. The Morgan fingerprint density at radius 1 is 1.19 bits per heavy atom. The van der Waals surface area contributed by atoms with Crippen LogP contribution in [0.15, 0.2) is 17.5 Å². The van der Waals surface area contributed by atoms with Gasteiger partial charge in [-0.05, 0) is 62.6 Å². The fourth-order valence-corrected chi connectivity index (χ4v) is 4.86. The van der Waals surface area contributed by atoms with Gasteiger partial charge in [0, 0.05) is 24.0 Å². The van der Waals surface area contributed by atoms with Crippen molar-refractivity contribution in [1.82, 2.24) is 10.2 Å². The van der Waals surface area contributed by atoms with Crippen molar-refractivity contribution >= 4 is 11.3 Å². The Balaban J connectivity index is 1.39. The monoisotopic (exact) mass is 306 g/mol. The molecule has 1 N–H and O–H groups in total. The van der Waals surface area contributed by atoms with Gasteiger partial charge in [-0.25, -0.2) is 0 Å². The van der Waals surface area contributed by atoms with Gasteiger partial charge in [-0.1, -0.05) is 25.3 Å². The summed E-state index contributed by atoms with van der Waals surface area (Å²) in [6, 6.07) is 5.03. The molecule has 1 aliphatic heterocycles. The van der Waals surface area contributed by atoms with Gasteiger partial charge in [0.2, 0.25) is 0 Å². The fraction of sp³-hybridized carbons (Fsp3) is 0.778. The Morgan fingerprint density at radius 3 is 2.62 bits per heavy atom. The van der Waals surface area contributed by atoms with E-state index in [1.807, 2.05) is 11.3 Å². The number of hydrogen-bond donors (Lipinski definition) is 1. The molecule has 0 radical (unpaired) electrons. The summed E-state index contributed by atoms with van der Waals surface area (Å²) in [6.07, 6.45) is 10.4. The first-order valence-corrected chi connectivity index (χ1v) is 9.63. The molecule has 3 heteroatoms. The van der Waals surface area contributed by atoms with Crippen LogP contribution in [0.4, 0.5) is 0 Å². The molecular weight excluding hydrogens is 276 g/mol. The first kappa shape index (κ1) is 15.5. The minimum Gasteiger partial charge on any atom is -0.310 e. The predicted molar refractivity (Wildman–Crippen MR) is 91.8 cm³/mol. The smallest absolute Gasteiger partial charge is 0.0300 e. The maximum Gasteiger partial charge on any atom is 0.0300 e. The van der Waals surface area contributed by atoms with Crippen LogP contribution in [-0.2, 0) is 6.54 Å². The van der Waals surface area contributed by atoms with Crippen molar-refractivity contribution in [2.24, 2.45) is 5.41 Å². The van der Waals surface area contributed by atoms with Crippen molar-refractivity contribution in [3.63, 3.8) is 0 Å². The Morgan fingerprint density at radius 2 is 1.95 bits per heavy atom. The van der Waals surface area contributed by atoms with Crippen molar-refractivity contribution < 1.29 is 0 Å². The van der Waals surface area contributed by atoms with Crippen LogP contribution in [0.2, 0.25) is 0 Å². The quantitative estimate of drug-likeness (QED) is 0.874. The largest absolute Gasteiger partial charge is 0.310 e. The van der Waals surface area contributed by atoms with Crippen molar-refractivity contribution in [1.29, 1.82) is 0 Å². The minimum atomic E-state index is 0.672. The lowest BCUT2D eigenvalue weighted by Crippen LogP contribution is -2.47. The molecule has 2 fully saturated rings. The Labute approximate surface area is 133 Å². The van der Waals surface area contributed by atoms with E-state index in [1.165, 1.54) is 62.9 Å². The molecule has 2 nitrogen and oxygen atoms in total. The van der Waals surface area contributed by atoms with Crippen LogP contribution in [0.1, 0.15) is 56.7 Å². The molecular formula is C18H30N2S. The van der Waals surface area contributed by atoms with E-state index in [0.29, 0.717) is 6.04 Å². The molecule has 21 heavy (non-hydrogen) atoms. The van der Waals surface area contributed by atoms with Gasteiger partial charge in [0.05, 0.1) is 0 Å². The highest BCUT2D eigenvalue weighted by molar-refractivity contribution is 7.09. The van der Waals surface area contributed by atoms with Gasteiger partial charge in [-0.2, -0.15) is 0 Å². The molecule has 1 aromatic rings. The Kier molecular flexibility index (Phi) is 5.36. The van der Waals surface area contributed by atoms with Gasteiger partial charge in [0.1, 0.15) is 0 Å². The minimum absolute atomic E-state index is 0.672. The average Bonchev–Trinajstić information content (AvgIpc) is 3.02. The standard InChI is InChI=1S/C18H30N2S/c1-16(14-19-15-17-6-5-13-21-17)20-11-9-18(10-12-20)7-3-2-4-8-18/h5-6,13,16,19H,2-4,7-12,14-15H2,1H3. The third-order valence-corrected chi connectivity index (χ3v) is 6.59. The number of thiophene rings is 1. The molecule has 1 aliphatic carbocycles. The Bertz CT molecular complexity index is 399.